The van der Waals surface area contributed by atoms with Crippen LogP contribution in [0, 0.1) is 35.5 Å². The predicted octanol–water partition coefficient (Wildman–Crippen LogP) is 7.98. The number of carbonyl (C=O) groups is 4. The molecule has 0 aliphatic heterocycles. The van der Waals surface area contributed by atoms with E-state index in [1.54, 1.807) is 24.3 Å². The summed E-state index contributed by atoms with van der Waals surface area (Å²) in [6, 6.07) is 12.1. The highest BCUT2D eigenvalue weighted by Crippen LogP contribution is 2.36. The molecule has 0 bridgehead atoms. The van der Waals surface area contributed by atoms with E-state index in [9.17, 15) is 24.3 Å². The van der Waals surface area contributed by atoms with Crippen LogP contribution in [0.2, 0.25) is 0 Å². The van der Waals surface area contributed by atoms with Gasteiger partial charge in [0.15, 0.2) is 0 Å². The average molecular weight is 655 g/mol. The molecular formula is C38H54O9. The molecule has 2 fully saturated rings. The Hall–Kier alpha value is -3.72. The number of aromatic carboxylic acids is 1. The Bertz CT molecular complexity index is 1280. The Labute approximate surface area is 280 Å². The van der Waals surface area contributed by atoms with Crippen LogP contribution in [0.5, 0.6) is 11.5 Å². The van der Waals surface area contributed by atoms with Crippen LogP contribution in [0.4, 0.5) is 0 Å². The minimum atomic E-state index is -1.01. The molecule has 0 heterocycles. The van der Waals surface area contributed by atoms with E-state index >= 15 is 0 Å². The summed E-state index contributed by atoms with van der Waals surface area (Å²) >= 11 is 0. The number of hydrogen-bond acceptors (Lipinski definition) is 8. The Morgan fingerprint density at radius 3 is 1.49 bits per heavy atom. The largest absolute Gasteiger partial charge is 0.478 e. The number of hydrogen-bond donors (Lipinski definition) is 2. The summed E-state index contributed by atoms with van der Waals surface area (Å²) in [4.78, 5) is 44.2. The fourth-order valence-electron chi connectivity index (χ4n) is 6.26. The predicted molar refractivity (Wildman–Crippen MR) is 180 cm³/mol. The van der Waals surface area contributed by atoms with E-state index in [4.69, 9.17) is 19.3 Å². The zero-order valence-electron chi connectivity index (χ0n) is 29.2. The Morgan fingerprint density at radius 2 is 1.09 bits per heavy atom. The van der Waals surface area contributed by atoms with Crippen LogP contribution in [0.25, 0.3) is 0 Å². The van der Waals surface area contributed by atoms with Gasteiger partial charge < -0.3 is 24.4 Å². The van der Waals surface area contributed by atoms with Gasteiger partial charge in [-0.2, -0.15) is 0 Å². The standard InChI is InChI=1S/C19H26O4.C10H20O.C9H8O4/c1-12(2)17-10-5-13(3)11-18(17)23-19(21)15-6-8-16(9-7-15)22-14(4)20;1-7(2)9-5-4-8(3)6-10(9)11;1-6(10)13-8-4-2-7(3-5-8)9(11)12/h6-9,12-13,17-18H,5,10-11H2,1-4H3;7-11H,4-6H2,1-3H3;2-5H,1H3,(H,11,12). The zero-order valence-corrected chi connectivity index (χ0v) is 29.2. The van der Waals surface area contributed by atoms with Gasteiger partial charge in [-0.15, -0.1) is 0 Å². The van der Waals surface area contributed by atoms with E-state index in [1.165, 1.54) is 57.4 Å². The maximum absolute atomic E-state index is 12.4. The van der Waals surface area contributed by atoms with Gasteiger partial charge in [0.05, 0.1) is 17.2 Å². The molecule has 9 nitrogen and oxygen atoms in total. The fourth-order valence-corrected chi connectivity index (χ4v) is 6.26. The minimum absolute atomic E-state index is 0.0144. The molecule has 260 valence electrons. The molecular weight excluding hydrogens is 600 g/mol. The third kappa shape index (κ3) is 13.9. The van der Waals surface area contributed by atoms with Crippen molar-refractivity contribution >= 4 is 23.9 Å². The van der Waals surface area contributed by atoms with Crippen LogP contribution in [-0.4, -0.2) is 46.3 Å². The molecule has 0 spiro atoms. The van der Waals surface area contributed by atoms with Crippen molar-refractivity contribution in [1.82, 2.24) is 0 Å². The van der Waals surface area contributed by atoms with Crippen molar-refractivity contribution in [3.63, 3.8) is 0 Å². The van der Waals surface area contributed by atoms with Crippen molar-refractivity contribution in [2.45, 2.75) is 106 Å². The Kier molecular flexibility index (Phi) is 16.1. The number of carboxylic acid groups (broad SMARTS) is 1. The average Bonchev–Trinajstić information content (AvgIpc) is 2.97. The van der Waals surface area contributed by atoms with Gasteiger partial charge in [0.2, 0.25) is 0 Å². The van der Waals surface area contributed by atoms with Crippen molar-refractivity contribution < 1.29 is 43.6 Å². The normalized spacial score (nSPS) is 23.7. The van der Waals surface area contributed by atoms with Gasteiger partial charge in [0.25, 0.3) is 0 Å². The van der Waals surface area contributed by atoms with E-state index in [-0.39, 0.29) is 29.7 Å². The van der Waals surface area contributed by atoms with Crippen LogP contribution >= 0.6 is 0 Å². The molecule has 4 rings (SSSR count). The fraction of sp³-hybridized carbons (Fsp3) is 0.579. The lowest BCUT2D eigenvalue weighted by Gasteiger charge is -2.36. The minimum Gasteiger partial charge on any atom is -0.478 e. The third-order valence-electron chi connectivity index (χ3n) is 8.92. The molecule has 0 aromatic heterocycles. The number of carbonyl (C=O) groups excluding carboxylic acids is 3. The van der Waals surface area contributed by atoms with Crippen molar-refractivity contribution in [2.75, 3.05) is 0 Å². The summed E-state index contributed by atoms with van der Waals surface area (Å²) in [7, 11) is 0. The number of esters is 3. The van der Waals surface area contributed by atoms with Crippen molar-refractivity contribution in [3.8, 4) is 11.5 Å². The quantitative estimate of drug-likeness (QED) is 0.225. The Morgan fingerprint density at radius 1 is 0.660 bits per heavy atom. The molecule has 6 unspecified atom stereocenters. The molecule has 47 heavy (non-hydrogen) atoms. The molecule has 0 amide bonds. The molecule has 6 atom stereocenters. The Balaban J connectivity index is 0.000000270. The van der Waals surface area contributed by atoms with Crippen LogP contribution < -0.4 is 9.47 Å². The van der Waals surface area contributed by atoms with E-state index in [0.717, 1.165) is 25.2 Å². The molecule has 9 heteroatoms. The highest BCUT2D eigenvalue weighted by molar-refractivity contribution is 5.89. The van der Waals surface area contributed by atoms with Crippen molar-refractivity contribution in [3.05, 3.63) is 59.7 Å². The van der Waals surface area contributed by atoms with E-state index < -0.39 is 11.9 Å². The lowest BCUT2D eigenvalue weighted by Crippen LogP contribution is -2.35. The summed E-state index contributed by atoms with van der Waals surface area (Å²) in [5, 5.41) is 18.3. The first kappa shape index (κ1) is 39.5. The van der Waals surface area contributed by atoms with Gasteiger partial charge in [-0.3, -0.25) is 9.59 Å². The van der Waals surface area contributed by atoms with Gasteiger partial charge >= 0.3 is 23.9 Å². The molecule has 2 N–H and O–H groups in total. The monoisotopic (exact) mass is 654 g/mol. The van der Waals surface area contributed by atoms with E-state index in [2.05, 4.69) is 41.5 Å². The van der Waals surface area contributed by atoms with Gasteiger partial charge in [-0.1, -0.05) is 54.4 Å². The highest BCUT2D eigenvalue weighted by Gasteiger charge is 2.33. The van der Waals surface area contributed by atoms with Gasteiger partial charge in [0.1, 0.15) is 17.6 Å². The molecule has 2 aromatic carbocycles. The number of aliphatic hydroxyl groups excluding tert-OH is 1. The van der Waals surface area contributed by atoms with Crippen LogP contribution in [0.15, 0.2) is 48.5 Å². The van der Waals surface area contributed by atoms with Crippen molar-refractivity contribution in [2.24, 2.45) is 35.5 Å². The first-order valence-electron chi connectivity index (χ1n) is 16.8. The maximum atomic E-state index is 12.4. The number of ether oxygens (including phenoxy) is 3. The third-order valence-corrected chi connectivity index (χ3v) is 8.92. The van der Waals surface area contributed by atoms with Gasteiger partial charge in [-0.25, -0.2) is 9.59 Å². The topological polar surface area (TPSA) is 136 Å². The summed E-state index contributed by atoms with van der Waals surface area (Å²) in [5.41, 5.74) is 0.650. The summed E-state index contributed by atoms with van der Waals surface area (Å²) in [5.74, 6) is 2.13. The number of benzene rings is 2. The van der Waals surface area contributed by atoms with Crippen LogP contribution in [0.1, 0.15) is 115 Å². The molecule has 2 aliphatic rings. The number of aliphatic hydroxyl groups is 1. The second-order valence-corrected chi connectivity index (χ2v) is 13.7. The molecule has 0 radical (unpaired) electrons. The second-order valence-electron chi connectivity index (χ2n) is 13.7. The van der Waals surface area contributed by atoms with E-state index in [1.807, 2.05) is 0 Å². The summed E-state index contributed by atoms with van der Waals surface area (Å²) in [6.07, 6.45) is 6.75. The molecule has 2 saturated carbocycles. The number of carboxylic acids is 1. The summed E-state index contributed by atoms with van der Waals surface area (Å²) in [6.45, 7) is 15.9. The lowest BCUT2D eigenvalue weighted by atomic mass is 9.75. The van der Waals surface area contributed by atoms with Crippen LogP contribution in [0.3, 0.4) is 0 Å². The van der Waals surface area contributed by atoms with Crippen molar-refractivity contribution in [1.29, 1.82) is 0 Å². The molecule has 2 aromatic rings. The highest BCUT2D eigenvalue weighted by atomic mass is 16.5. The van der Waals surface area contributed by atoms with E-state index in [0.29, 0.717) is 46.7 Å². The first-order chi connectivity index (χ1) is 22.1. The molecule has 2 aliphatic carbocycles. The molecule has 0 saturated heterocycles. The van der Waals surface area contributed by atoms with Crippen LogP contribution in [-0.2, 0) is 14.3 Å². The lowest BCUT2D eigenvalue weighted by molar-refractivity contribution is -0.132. The second kappa shape index (κ2) is 19.2. The zero-order chi connectivity index (χ0) is 35.3. The first-order valence-corrected chi connectivity index (χ1v) is 16.8. The van der Waals surface area contributed by atoms with Gasteiger partial charge in [-0.05, 0) is 110 Å². The van der Waals surface area contributed by atoms with Gasteiger partial charge in [0, 0.05) is 13.8 Å². The number of rotatable bonds is 7. The smallest absolute Gasteiger partial charge is 0.338 e. The SMILES string of the molecule is CC(=O)Oc1ccc(C(=O)O)cc1.CC(=O)Oc1ccc(C(=O)OC2CC(C)CCC2C(C)C)cc1.CC1CCC(C(C)C)C(O)C1. The summed E-state index contributed by atoms with van der Waals surface area (Å²) < 4.78 is 15.5. The maximum Gasteiger partial charge on any atom is 0.338 e.